The van der Waals surface area contributed by atoms with Gasteiger partial charge in [0.2, 0.25) is 0 Å². The molecule has 2 heterocycles. The van der Waals surface area contributed by atoms with Gasteiger partial charge in [-0.05, 0) is 25.0 Å². The second-order valence-electron chi connectivity index (χ2n) is 5.33. The van der Waals surface area contributed by atoms with E-state index in [2.05, 4.69) is 33.6 Å². The van der Waals surface area contributed by atoms with Crippen LogP contribution in [0.3, 0.4) is 0 Å². The van der Waals surface area contributed by atoms with Gasteiger partial charge in [-0.25, -0.2) is 4.98 Å². The van der Waals surface area contributed by atoms with E-state index in [-0.39, 0.29) is 6.10 Å². The molecule has 1 saturated heterocycles. The van der Waals surface area contributed by atoms with Gasteiger partial charge in [-0.3, -0.25) is 0 Å². The molecule has 0 radical (unpaired) electrons. The Morgan fingerprint density at radius 3 is 3.26 bits per heavy atom. The molecule has 0 amide bonds. The van der Waals surface area contributed by atoms with E-state index in [1.165, 1.54) is 30.7 Å². The van der Waals surface area contributed by atoms with Gasteiger partial charge in [-0.1, -0.05) is 6.92 Å². The van der Waals surface area contributed by atoms with Crippen molar-refractivity contribution in [2.24, 2.45) is 0 Å². The molecule has 19 heavy (non-hydrogen) atoms. The maximum Gasteiger partial charge on any atom is 0.111 e. The fourth-order valence-corrected chi connectivity index (χ4v) is 4.31. The Morgan fingerprint density at radius 2 is 2.47 bits per heavy atom. The van der Waals surface area contributed by atoms with Crippen LogP contribution in [0.1, 0.15) is 44.0 Å². The molecule has 0 bridgehead atoms. The molecule has 0 spiro atoms. The zero-order valence-electron chi connectivity index (χ0n) is 11.5. The van der Waals surface area contributed by atoms with E-state index in [0.29, 0.717) is 6.04 Å². The second-order valence-corrected chi connectivity index (χ2v) is 6.91. The molecule has 3 rings (SSSR count). The van der Waals surface area contributed by atoms with Crippen molar-refractivity contribution in [3.05, 3.63) is 18.2 Å². The first-order valence-corrected chi connectivity index (χ1v) is 8.39. The van der Waals surface area contributed by atoms with Gasteiger partial charge < -0.3 is 14.6 Å². The monoisotopic (exact) mass is 281 g/mol. The van der Waals surface area contributed by atoms with E-state index in [4.69, 9.17) is 4.74 Å². The highest BCUT2D eigenvalue weighted by atomic mass is 32.2. The van der Waals surface area contributed by atoms with Gasteiger partial charge in [0.15, 0.2) is 0 Å². The van der Waals surface area contributed by atoms with Crippen molar-refractivity contribution >= 4 is 11.8 Å². The van der Waals surface area contributed by atoms with E-state index in [1.54, 1.807) is 0 Å². The number of rotatable bonds is 4. The number of nitrogens with one attached hydrogen (secondary N) is 1. The van der Waals surface area contributed by atoms with Crippen LogP contribution >= 0.6 is 11.8 Å². The molecule has 5 heteroatoms. The predicted octanol–water partition coefficient (Wildman–Crippen LogP) is 2.39. The Kier molecular flexibility index (Phi) is 4.45. The predicted molar refractivity (Wildman–Crippen MR) is 78.6 cm³/mol. The molecule has 106 valence electrons. The lowest BCUT2D eigenvalue weighted by Crippen LogP contribution is -2.34. The van der Waals surface area contributed by atoms with Crippen LogP contribution in [0.4, 0.5) is 0 Å². The van der Waals surface area contributed by atoms with Gasteiger partial charge in [0.25, 0.3) is 0 Å². The number of nitrogens with zero attached hydrogens (tertiary/aromatic N) is 2. The zero-order valence-corrected chi connectivity index (χ0v) is 12.4. The summed E-state index contributed by atoms with van der Waals surface area (Å²) in [5.74, 6) is 1.23. The Balaban J connectivity index is 1.70. The van der Waals surface area contributed by atoms with Gasteiger partial charge in [0, 0.05) is 24.4 Å². The second kappa shape index (κ2) is 6.29. The minimum Gasteiger partial charge on any atom is -0.369 e. The summed E-state index contributed by atoms with van der Waals surface area (Å²) in [7, 11) is 0. The minimum absolute atomic E-state index is 0.175. The maximum atomic E-state index is 5.87. The molecule has 1 N–H and O–H groups in total. The van der Waals surface area contributed by atoms with Crippen LogP contribution in [-0.2, 0) is 4.74 Å². The molecule has 2 fully saturated rings. The zero-order chi connectivity index (χ0) is 13.1. The molecule has 1 aliphatic carbocycles. The van der Waals surface area contributed by atoms with Crippen LogP contribution in [0, 0.1) is 0 Å². The molecule has 2 aliphatic rings. The summed E-state index contributed by atoms with van der Waals surface area (Å²) in [6.45, 7) is 4.92. The van der Waals surface area contributed by atoms with Crippen LogP contribution < -0.4 is 5.32 Å². The lowest BCUT2D eigenvalue weighted by atomic mass is 10.2. The number of thioether (sulfide) groups is 1. The summed E-state index contributed by atoms with van der Waals surface area (Å²) >= 11 is 2.10. The average molecular weight is 281 g/mol. The molecular weight excluding hydrogens is 258 g/mol. The number of ether oxygens (including phenoxy) is 1. The van der Waals surface area contributed by atoms with Crippen LogP contribution in [0.2, 0.25) is 0 Å². The largest absolute Gasteiger partial charge is 0.369 e. The molecule has 1 aromatic heterocycles. The average Bonchev–Trinajstić information content (AvgIpc) is 3.08. The number of hydrogen-bond donors (Lipinski definition) is 1. The van der Waals surface area contributed by atoms with Crippen LogP contribution in [-0.4, -0.2) is 40.3 Å². The SMILES string of the molecule is CCSC1CCC(n2cncc2C2CNCCO2)C1. The van der Waals surface area contributed by atoms with Crippen molar-refractivity contribution in [3.8, 4) is 0 Å². The normalized spacial score (nSPS) is 31.7. The quantitative estimate of drug-likeness (QED) is 0.920. The van der Waals surface area contributed by atoms with E-state index >= 15 is 0 Å². The lowest BCUT2D eigenvalue weighted by molar-refractivity contribution is 0.0220. The van der Waals surface area contributed by atoms with Crippen molar-refractivity contribution in [2.45, 2.75) is 43.6 Å². The summed E-state index contributed by atoms with van der Waals surface area (Å²) < 4.78 is 8.24. The highest BCUT2D eigenvalue weighted by molar-refractivity contribution is 7.99. The molecule has 1 aliphatic heterocycles. The van der Waals surface area contributed by atoms with Gasteiger partial charge >= 0.3 is 0 Å². The Bertz CT molecular complexity index is 403. The Labute approximate surface area is 119 Å². The maximum absolute atomic E-state index is 5.87. The van der Waals surface area contributed by atoms with Crippen molar-refractivity contribution in [3.63, 3.8) is 0 Å². The Morgan fingerprint density at radius 1 is 1.53 bits per heavy atom. The first kappa shape index (κ1) is 13.5. The summed E-state index contributed by atoms with van der Waals surface area (Å²) in [5.41, 5.74) is 1.25. The van der Waals surface area contributed by atoms with Gasteiger partial charge in [-0.2, -0.15) is 11.8 Å². The highest BCUT2D eigenvalue weighted by Crippen LogP contribution is 2.38. The fraction of sp³-hybridized carbons (Fsp3) is 0.786. The first-order chi connectivity index (χ1) is 9.38. The van der Waals surface area contributed by atoms with Crippen LogP contribution in [0.15, 0.2) is 12.5 Å². The minimum atomic E-state index is 0.175. The smallest absolute Gasteiger partial charge is 0.111 e. The van der Waals surface area contributed by atoms with Crippen LogP contribution in [0.25, 0.3) is 0 Å². The van der Waals surface area contributed by atoms with E-state index in [9.17, 15) is 0 Å². The van der Waals surface area contributed by atoms with E-state index in [1.807, 2.05) is 12.5 Å². The van der Waals surface area contributed by atoms with Crippen molar-refractivity contribution < 1.29 is 4.74 Å². The fourth-order valence-electron chi connectivity index (χ4n) is 3.18. The van der Waals surface area contributed by atoms with Crippen molar-refractivity contribution in [1.82, 2.24) is 14.9 Å². The topological polar surface area (TPSA) is 39.1 Å². The molecule has 4 nitrogen and oxygen atoms in total. The van der Waals surface area contributed by atoms with E-state index in [0.717, 1.165) is 24.9 Å². The summed E-state index contributed by atoms with van der Waals surface area (Å²) in [6.07, 6.45) is 8.05. The third-order valence-corrected chi connectivity index (χ3v) is 5.34. The summed E-state index contributed by atoms with van der Waals surface area (Å²) in [4.78, 5) is 4.36. The van der Waals surface area contributed by atoms with Gasteiger partial charge in [0.1, 0.15) is 6.10 Å². The van der Waals surface area contributed by atoms with Gasteiger partial charge in [-0.15, -0.1) is 0 Å². The molecule has 3 unspecified atom stereocenters. The third kappa shape index (κ3) is 2.98. The third-order valence-electron chi connectivity index (χ3n) is 4.11. The summed E-state index contributed by atoms with van der Waals surface area (Å²) in [5, 5.41) is 4.23. The standard InChI is InChI=1S/C14H23N3OS/c1-2-19-12-4-3-11(7-12)17-10-16-8-13(17)14-9-15-5-6-18-14/h8,10-12,14-15H,2-7,9H2,1H3. The molecule has 0 aromatic carbocycles. The number of aromatic nitrogens is 2. The number of imidazole rings is 1. The Hall–Kier alpha value is -0.520. The van der Waals surface area contributed by atoms with Crippen LogP contribution in [0.5, 0.6) is 0 Å². The lowest BCUT2D eigenvalue weighted by Gasteiger charge is -2.26. The van der Waals surface area contributed by atoms with Gasteiger partial charge in [0.05, 0.1) is 24.8 Å². The highest BCUT2D eigenvalue weighted by Gasteiger charge is 2.29. The summed E-state index contributed by atoms with van der Waals surface area (Å²) in [6, 6.07) is 0.618. The number of morpholine rings is 1. The number of hydrogen-bond acceptors (Lipinski definition) is 4. The molecule has 1 saturated carbocycles. The van der Waals surface area contributed by atoms with Crippen molar-refractivity contribution in [2.75, 3.05) is 25.4 Å². The van der Waals surface area contributed by atoms with Crippen molar-refractivity contribution in [1.29, 1.82) is 0 Å². The first-order valence-electron chi connectivity index (χ1n) is 7.34. The molecular formula is C14H23N3OS. The van der Waals surface area contributed by atoms with E-state index < -0.39 is 0 Å². The molecule has 1 aromatic rings. The molecule has 3 atom stereocenters.